The minimum absolute atomic E-state index is 0.0676. The Kier molecular flexibility index (Phi) is 5.40. The number of hydrogen-bond acceptors (Lipinski definition) is 4. The van der Waals surface area contributed by atoms with Crippen LogP contribution in [0.5, 0.6) is 0 Å². The highest BCUT2D eigenvalue weighted by Gasteiger charge is 2.49. The van der Waals surface area contributed by atoms with Crippen molar-refractivity contribution >= 4 is 28.9 Å². The summed E-state index contributed by atoms with van der Waals surface area (Å²) in [6.45, 7) is 7.34. The molecule has 0 bridgehead atoms. The van der Waals surface area contributed by atoms with Gasteiger partial charge in [-0.25, -0.2) is 9.78 Å². The number of para-hydroxylation sites is 2. The Morgan fingerprint density at radius 1 is 1.21 bits per heavy atom. The average Bonchev–Trinajstić information content (AvgIpc) is 3.20. The van der Waals surface area contributed by atoms with E-state index in [0.29, 0.717) is 18.7 Å². The second kappa shape index (κ2) is 7.61. The van der Waals surface area contributed by atoms with Gasteiger partial charge in [0.05, 0.1) is 17.1 Å². The lowest BCUT2D eigenvalue weighted by molar-refractivity contribution is -0.135. The molecule has 2 heterocycles. The average molecular weight is 385 g/mol. The normalized spacial score (nSPS) is 17.2. The van der Waals surface area contributed by atoms with Crippen molar-refractivity contribution in [3.05, 3.63) is 30.1 Å². The SMILES string of the molecule is CCC1(CC)NC(=O)N(CC(=O)NC(c2nc3ccccc3[nH]2)C(C)C)C1=O. The van der Waals surface area contributed by atoms with Crippen molar-refractivity contribution in [3.63, 3.8) is 0 Å². The molecule has 8 nitrogen and oxygen atoms in total. The third kappa shape index (κ3) is 3.46. The molecule has 3 rings (SSSR count). The van der Waals surface area contributed by atoms with E-state index in [4.69, 9.17) is 0 Å². The van der Waals surface area contributed by atoms with Gasteiger partial charge < -0.3 is 15.6 Å². The highest BCUT2D eigenvalue weighted by Crippen LogP contribution is 2.25. The molecule has 0 aliphatic carbocycles. The molecule has 28 heavy (non-hydrogen) atoms. The second-order valence-electron chi connectivity index (χ2n) is 7.54. The smallest absolute Gasteiger partial charge is 0.325 e. The molecule has 3 N–H and O–H groups in total. The second-order valence-corrected chi connectivity index (χ2v) is 7.54. The number of aromatic amines is 1. The van der Waals surface area contributed by atoms with Crippen molar-refractivity contribution in [2.24, 2.45) is 5.92 Å². The van der Waals surface area contributed by atoms with Crippen molar-refractivity contribution in [3.8, 4) is 0 Å². The van der Waals surface area contributed by atoms with Crippen LogP contribution >= 0.6 is 0 Å². The molecule has 4 amide bonds. The zero-order valence-corrected chi connectivity index (χ0v) is 16.7. The van der Waals surface area contributed by atoms with Gasteiger partial charge in [0.1, 0.15) is 17.9 Å². The molecule has 1 atom stereocenters. The number of fused-ring (bicyclic) bond motifs is 1. The molecule has 1 aliphatic rings. The molecular formula is C20H27N5O3. The first kappa shape index (κ1) is 19.9. The van der Waals surface area contributed by atoms with E-state index in [0.717, 1.165) is 15.9 Å². The molecule has 8 heteroatoms. The Labute approximate surface area is 164 Å². The van der Waals surface area contributed by atoms with Crippen LogP contribution in [0.25, 0.3) is 11.0 Å². The molecule has 0 radical (unpaired) electrons. The van der Waals surface area contributed by atoms with Crippen LogP contribution in [0.15, 0.2) is 24.3 Å². The summed E-state index contributed by atoms with van der Waals surface area (Å²) in [5.74, 6) is -0.0237. The fraction of sp³-hybridized carbons (Fsp3) is 0.500. The fourth-order valence-electron chi connectivity index (χ4n) is 3.58. The van der Waals surface area contributed by atoms with Gasteiger partial charge in [0, 0.05) is 0 Å². The Hall–Kier alpha value is -2.90. The maximum Gasteiger partial charge on any atom is 0.325 e. The molecule has 1 aromatic heterocycles. The number of rotatable bonds is 7. The first-order valence-corrected chi connectivity index (χ1v) is 9.69. The molecule has 1 fully saturated rings. The number of imidazole rings is 1. The summed E-state index contributed by atoms with van der Waals surface area (Å²) in [6, 6.07) is 6.76. The van der Waals surface area contributed by atoms with Crippen molar-refractivity contribution in [2.45, 2.75) is 52.1 Å². The van der Waals surface area contributed by atoms with E-state index >= 15 is 0 Å². The summed E-state index contributed by atoms with van der Waals surface area (Å²) in [5, 5.41) is 5.65. The highest BCUT2D eigenvalue weighted by molar-refractivity contribution is 6.09. The number of nitrogens with one attached hydrogen (secondary N) is 3. The fourth-order valence-corrected chi connectivity index (χ4v) is 3.58. The number of aromatic nitrogens is 2. The number of carbonyl (C=O) groups excluding carboxylic acids is 3. The largest absolute Gasteiger partial charge is 0.344 e. The van der Waals surface area contributed by atoms with E-state index in [2.05, 4.69) is 20.6 Å². The standard InChI is InChI=1S/C20H27N5O3/c1-5-20(6-2)18(27)25(19(28)24-20)11-15(26)23-16(12(3)4)17-21-13-9-7-8-10-14(13)22-17/h7-10,12,16H,5-6,11H2,1-4H3,(H,21,22)(H,23,26)(H,24,28). The van der Waals surface area contributed by atoms with Crippen molar-refractivity contribution in [2.75, 3.05) is 6.54 Å². The maximum absolute atomic E-state index is 12.7. The van der Waals surface area contributed by atoms with Crippen LogP contribution in [0, 0.1) is 5.92 Å². The van der Waals surface area contributed by atoms with E-state index in [1.54, 1.807) is 0 Å². The van der Waals surface area contributed by atoms with E-state index in [1.807, 2.05) is 52.0 Å². The number of H-pyrrole nitrogens is 1. The van der Waals surface area contributed by atoms with Gasteiger partial charge in [0.15, 0.2) is 0 Å². The van der Waals surface area contributed by atoms with Crippen LogP contribution in [0.2, 0.25) is 0 Å². The van der Waals surface area contributed by atoms with Crippen LogP contribution in [0.4, 0.5) is 4.79 Å². The molecule has 1 saturated heterocycles. The number of nitrogens with zero attached hydrogens (tertiary/aromatic N) is 2. The van der Waals surface area contributed by atoms with Crippen molar-refractivity contribution in [1.29, 1.82) is 0 Å². The Morgan fingerprint density at radius 2 is 1.89 bits per heavy atom. The van der Waals surface area contributed by atoms with Crippen LogP contribution < -0.4 is 10.6 Å². The lowest BCUT2D eigenvalue weighted by Crippen LogP contribution is -2.47. The molecule has 2 aromatic rings. The van der Waals surface area contributed by atoms with E-state index in [9.17, 15) is 14.4 Å². The minimum Gasteiger partial charge on any atom is -0.344 e. The van der Waals surface area contributed by atoms with E-state index in [-0.39, 0.29) is 24.4 Å². The lowest BCUT2D eigenvalue weighted by atomic mass is 9.93. The quantitative estimate of drug-likeness (QED) is 0.637. The van der Waals surface area contributed by atoms with Gasteiger partial charge in [-0.15, -0.1) is 0 Å². The Morgan fingerprint density at radius 3 is 2.46 bits per heavy atom. The lowest BCUT2D eigenvalue weighted by Gasteiger charge is -2.24. The zero-order chi connectivity index (χ0) is 20.5. The number of urea groups is 1. The summed E-state index contributed by atoms with van der Waals surface area (Å²) >= 11 is 0. The van der Waals surface area contributed by atoms with Gasteiger partial charge in [-0.05, 0) is 30.9 Å². The van der Waals surface area contributed by atoms with Crippen LogP contribution in [0.3, 0.4) is 0 Å². The molecule has 0 spiro atoms. The Balaban J connectivity index is 1.75. The van der Waals surface area contributed by atoms with Gasteiger partial charge >= 0.3 is 6.03 Å². The van der Waals surface area contributed by atoms with Crippen molar-refractivity contribution in [1.82, 2.24) is 25.5 Å². The van der Waals surface area contributed by atoms with Gasteiger partial charge in [-0.3, -0.25) is 14.5 Å². The predicted octanol–water partition coefficient (Wildman–Crippen LogP) is 2.49. The summed E-state index contributed by atoms with van der Waals surface area (Å²) < 4.78 is 0. The Bertz CT molecular complexity index is 867. The first-order valence-electron chi connectivity index (χ1n) is 9.69. The van der Waals surface area contributed by atoms with Crippen LogP contribution in [-0.2, 0) is 9.59 Å². The van der Waals surface area contributed by atoms with Gasteiger partial charge in [-0.2, -0.15) is 0 Å². The van der Waals surface area contributed by atoms with Gasteiger partial charge in [0.2, 0.25) is 5.91 Å². The van der Waals surface area contributed by atoms with E-state index in [1.165, 1.54) is 0 Å². The number of benzene rings is 1. The summed E-state index contributed by atoms with van der Waals surface area (Å²) in [4.78, 5) is 46.4. The molecule has 0 saturated carbocycles. The molecule has 150 valence electrons. The van der Waals surface area contributed by atoms with Crippen LogP contribution in [0.1, 0.15) is 52.4 Å². The van der Waals surface area contributed by atoms with Gasteiger partial charge in [-0.1, -0.05) is 39.8 Å². The topological polar surface area (TPSA) is 107 Å². The summed E-state index contributed by atoms with van der Waals surface area (Å²) in [5.41, 5.74) is 0.803. The number of hydrogen-bond donors (Lipinski definition) is 3. The highest BCUT2D eigenvalue weighted by atomic mass is 16.2. The molecule has 1 aromatic carbocycles. The number of imide groups is 1. The third-order valence-corrected chi connectivity index (χ3v) is 5.44. The monoisotopic (exact) mass is 385 g/mol. The number of carbonyl (C=O) groups is 3. The summed E-state index contributed by atoms with van der Waals surface area (Å²) in [7, 11) is 0. The maximum atomic E-state index is 12.7. The molecule has 1 aliphatic heterocycles. The van der Waals surface area contributed by atoms with Crippen LogP contribution in [-0.4, -0.2) is 44.8 Å². The summed E-state index contributed by atoms with van der Waals surface area (Å²) in [6.07, 6.45) is 0.972. The van der Waals surface area contributed by atoms with E-state index < -0.39 is 17.5 Å². The minimum atomic E-state index is -0.909. The molecule has 1 unspecified atom stereocenters. The van der Waals surface area contributed by atoms with Gasteiger partial charge in [0.25, 0.3) is 5.91 Å². The zero-order valence-electron chi connectivity index (χ0n) is 16.7. The first-order chi connectivity index (χ1) is 13.3. The molecular weight excluding hydrogens is 358 g/mol. The predicted molar refractivity (Wildman–Crippen MR) is 105 cm³/mol. The number of amides is 4. The van der Waals surface area contributed by atoms with Crippen molar-refractivity contribution < 1.29 is 14.4 Å². The third-order valence-electron chi connectivity index (χ3n) is 5.44.